The van der Waals surface area contributed by atoms with Gasteiger partial charge in [0.15, 0.2) is 0 Å². The summed E-state index contributed by atoms with van der Waals surface area (Å²) in [5.41, 5.74) is 14.3. The molecule has 0 aliphatic carbocycles. The first-order valence-electron chi connectivity index (χ1n) is 27.8. The number of ether oxygens (including phenoxy) is 1. The molecule has 0 bridgehead atoms. The van der Waals surface area contributed by atoms with Crippen LogP contribution in [-0.2, 0) is 17.8 Å². The van der Waals surface area contributed by atoms with Gasteiger partial charge < -0.3 is 36.2 Å². The highest BCUT2D eigenvalue weighted by Crippen LogP contribution is 2.45. The van der Waals surface area contributed by atoms with Gasteiger partial charge in [-0.25, -0.2) is 24.4 Å². The molecular formula is C61H75AlF6N10O5. The largest absolute Gasteiger partial charge is 0.461 e. The lowest BCUT2D eigenvalue weighted by molar-refractivity contribution is -0.123. The van der Waals surface area contributed by atoms with E-state index in [9.17, 15) is 45.5 Å². The van der Waals surface area contributed by atoms with Gasteiger partial charge in [0.25, 0.3) is 20.1 Å². The number of hydrogen-bond donors (Lipinski definition) is 4. The molecule has 2 aliphatic heterocycles. The predicted molar refractivity (Wildman–Crippen MR) is 312 cm³/mol. The first-order chi connectivity index (χ1) is 39.3. The summed E-state index contributed by atoms with van der Waals surface area (Å²) in [6, 6.07) is 25.7. The molecule has 22 heteroatoms. The van der Waals surface area contributed by atoms with E-state index in [0.29, 0.717) is 29.8 Å². The second kappa shape index (κ2) is 30.8. The van der Waals surface area contributed by atoms with Gasteiger partial charge in [0.05, 0.1) is 36.6 Å². The monoisotopic (exact) mass is 1170 g/mol. The smallest absolute Gasteiger partial charge is 0.405 e. The zero-order valence-electron chi connectivity index (χ0n) is 48.7. The standard InChI is InChI=1S/C28H30F3N5O2.C28H32N4O3.C2H4F3N.3CH3.Al/c1-4-7-23-24-21(15-36(23)27(38)34-17(2)3)13-22(26(37)33-16-28(29,30)31)35-25(24)19-9-5-8-18(12-19)20-10-6-11-32-14-20;1-5-9-24-25-22(17-32(24)28(34)30-18(3)4)15-23(27(33)35-6-2)31-26(25)20-11-7-10-19(14-20)21-12-8-13-29-16-21;3-2(4,5)1-6;;;;/h5-6,8-14,17,23H,4,7,15-16H2,1-3H3,(H,33,37)(H,34,38);7-8,10-16,18,24H,5-6,9,17H2,1-4H3,(H,30,34);1,6H2;3*1H3;/t23-;24-;;;;;/m11...../s1. The number of halogens is 6. The average molecular weight is 1170 g/mol. The van der Waals surface area contributed by atoms with Gasteiger partial charge in [0, 0.05) is 83.3 Å². The van der Waals surface area contributed by atoms with Gasteiger partial charge in [-0.1, -0.05) is 75.2 Å². The van der Waals surface area contributed by atoms with E-state index < -0.39 is 37.3 Å². The fourth-order valence-corrected chi connectivity index (χ4v) is 9.25. The number of alkyl halides is 6. The first-order valence-corrected chi connectivity index (χ1v) is 31.3. The predicted octanol–water partition coefficient (Wildman–Crippen LogP) is 13.5. The Kier molecular flexibility index (Phi) is 24.6. The summed E-state index contributed by atoms with van der Waals surface area (Å²) in [6.45, 7) is 11.8. The van der Waals surface area contributed by atoms with E-state index in [4.69, 9.17) is 9.72 Å². The van der Waals surface area contributed by atoms with Crippen molar-refractivity contribution < 1.29 is 50.3 Å². The van der Waals surface area contributed by atoms with Crippen LogP contribution in [0.1, 0.15) is 129 Å². The molecule has 0 saturated heterocycles. The van der Waals surface area contributed by atoms with Crippen LogP contribution in [0.2, 0.25) is 17.4 Å². The number of amides is 5. The van der Waals surface area contributed by atoms with Crippen LogP contribution >= 0.6 is 0 Å². The molecule has 5 amide bonds. The van der Waals surface area contributed by atoms with Crippen molar-refractivity contribution in [1.29, 1.82) is 0 Å². The number of aromatic nitrogens is 4. The fourth-order valence-electron chi connectivity index (χ4n) is 9.25. The number of nitrogens with one attached hydrogen (secondary N) is 3. The van der Waals surface area contributed by atoms with E-state index in [0.717, 1.165) is 69.5 Å². The molecule has 15 nitrogen and oxygen atoms in total. The summed E-state index contributed by atoms with van der Waals surface area (Å²) in [7, 11) is 0. The Morgan fingerprint density at radius 2 is 1.02 bits per heavy atom. The Bertz CT molecular complexity index is 3110. The number of rotatable bonds is 14. The van der Waals surface area contributed by atoms with Gasteiger partial charge in [-0.2, -0.15) is 26.3 Å². The molecule has 444 valence electrons. The molecule has 2 atom stereocenters. The topological polar surface area (TPSA) is 198 Å². The average Bonchev–Trinajstić information content (AvgIpc) is 2.59. The Morgan fingerprint density at radius 1 is 0.627 bits per heavy atom. The number of nitrogens with two attached hydrogens (primary N) is 1. The lowest BCUT2D eigenvalue weighted by atomic mass is 9.93. The third-order valence-corrected chi connectivity index (χ3v) is 12.5. The van der Waals surface area contributed by atoms with Crippen LogP contribution in [0.5, 0.6) is 0 Å². The Morgan fingerprint density at radius 3 is 1.39 bits per heavy atom. The van der Waals surface area contributed by atoms with Gasteiger partial charge in [0.1, 0.15) is 17.9 Å². The van der Waals surface area contributed by atoms with Crippen molar-refractivity contribution in [1.82, 2.24) is 45.7 Å². The lowest BCUT2D eigenvalue weighted by Crippen LogP contribution is -2.42. The van der Waals surface area contributed by atoms with Crippen molar-refractivity contribution in [3.8, 4) is 44.8 Å². The molecule has 83 heavy (non-hydrogen) atoms. The summed E-state index contributed by atoms with van der Waals surface area (Å²) in [6.07, 6.45) is 1.41. The molecule has 0 saturated carbocycles. The molecule has 0 unspecified atom stereocenters. The molecule has 5 N–H and O–H groups in total. The highest BCUT2D eigenvalue weighted by atomic mass is 27.2. The maximum Gasteiger partial charge on any atom is 0.405 e. The second-order valence-electron chi connectivity index (χ2n) is 21.1. The zero-order chi connectivity index (χ0) is 61.2. The van der Waals surface area contributed by atoms with Crippen LogP contribution in [0.15, 0.2) is 110 Å². The summed E-state index contributed by atoms with van der Waals surface area (Å²) >= 11 is -0.139. The third-order valence-electron chi connectivity index (χ3n) is 12.5. The summed E-state index contributed by atoms with van der Waals surface area (Å²) in [4.78, 5) is 73.1. The molecule has 2 aliphatic rings. The molecule has 8 rings (SSSR count). The molecule has 6 aromatic rings. The van der Waals surface area contributed by atoms with Crippen molar-refractivity contribution in [2.45, 2.75) is 141 Å². The Balaban J connectivity index is 0.000000262. The summed E-state index contributed by atoms with van der Waals surface area (Å²) in [5.74, 6) is 5.53. The Labute approximate surface area is 486 Å². The zero-order valence-corrected chi connectivity index (χ0v) is 49.9. The van der Waals surface area contributed by atoms with E-state index >= 15 is 0 Å². The number of fused-ring (bicyclic) bond motifs is 2. The molecule has 0 spiro atoms. The van der Waals surface area contributed by atoms with Crippen LogP contribution in [0.3, 0.4) is 0 Å². The van der Waals surface area contributed by atoms with E-state index in [-0.39, 0.29) is 74.9 Å². The van der Waals surface area contributed by atoms with Crippen LogP contribution in [0, 0.1) is 0 Å². The van der Waals surface area contributed by atoms with Crippen LogP contribution in [0.25, 0.3) is 44.8 Å². The number of esters is 1. The maximum atomic E-state index is 13.1. The third kappa shape index (κ3) is 19.3. The van der Waals surface area contributed by atoms with E-state index in [1.165, 1.54) is 6.07 Å². The molecule has 4 aromatic heterocycles. The van der Waals surface area contributed by atoms with Crippen molar-refractivity contribution in [3.05, 3.63) is 143 Å². The van der Waals surface area contributed by atoms with Gasteiger partial charge in [0.2, 0.25) is 0 Å². The first kappa shape index (κ1) is 66.4. The number of carbonyl (C=O) groups is 4. The van der Waals surface area contributed by atoms with Crippen LogP contribution < -0.4 is 21.7 Å². The van der Waals surface area contributed by atoms with Gasteiger partial charge >= 0.3 is 30.4 Å². The van der Waals surface area contributed by atoms with Gasteiger partial charge in [-0.05, 0) is 106 Å². The fraction of sp³-hybridized carbons (Fsp3) is 0.410. The van der Waals surface area contributed by atoms with Crippen molar-refractivity contribution in [3.63, 3.8) is 0 Å². The van der Waals surface area contributed by atoms with Crippen molar-refractivity contribution in [2.75, 3.05) is 19.7 Å². The van der Waals surface area contributed by atoms with Gasteiger partial charge in [-0.3, -0.25) is 14.8 Å². The Hall–Kier alpha value is -7.41. The SMILES string of the molecule is CCC[C@@H]1c2c(cc(C(=O)NCC(F)(F)F)nc2-c2cccc(-c3cccnc3)c2)CN1C(=O)NC(C)C.CCC[C@@H]1c2c(cc(C(=O)OCC)nc2-c2cccc(-c3cccnc3)c2)CN1C(=O)NC(C)C.NCC(F)(F)F.[CH3][Al]([CH3])[CH3]. The highest BCUT2D eigenvalue weighted by Gasteiger charge is 2.39. The molecular weight excluding hydrogens is 1090 g/mol. The molecule has 2 aromatic carbocycles. The number of benzene rings is 2. The number of nitrogens with zero attached hydrogens (tertiary/aromatic N) is 6. The minimum atomic E-state index is -4.55. The number of hydrogen-bond acceptors (Lipinski definition) is 10. The quantitative estimate of drug-likeness (QED) is 0.0462. The normalized spacial score (nSPS) is 14.2. The second-order valence-corrected chi connectivity index (χ2v) is 24.6. The lowest BCUT2D eigenvalue weighted by Gasteiger charge is -2.27. The molecule has 0 radical (unpaired) electrons. The summed E-state index contributed by atoms with van der Waals surface area (Å²) in [5, 5.41) is 7.87. The number of pyridine rings is 4. The van der Waals surface area contributed by atoms with Crippen molar-refractivity contribution >= 4 is 38.1 Å². The highest BCUT2D eigenvalue weighted by molar-refractivity contribution is 6.54. The minimum Gasteiger partial charge on any atom is -0.461 e. The minimum absolute atomic E-state index is 0.0253. The summed E-state index contributed by atoms with van der Waals surface area (Å²) < 4.78 is 75.6. The maximum absolute atomic E-state index is 13.1. The molecule has 0 fully saturated rings. The van der Waals surface area contributed by atoms with Crippen LogP contribution in [-0.4, -0.2) is 112 Å². The molecule has 6 heterocycles. The van der Waals surface area contributed by atoms with E-state index in [2.05, 4.69) is 61.7 Å². The van der Waals surface area contributed by atoms with E-state index in [1.54, 1.807) is 36.5 Å². The number of carbonyl (C=O) groups excluding carboxylic acids is 4. The van der Waals surface area contributed by atoms with E-state index in [1.807, 2.05) is 118 Å². The van der Waals surface area contributed by atoms with Gasteiger partial charge in [-0.15, -0.1) is 17.4 Å². The number of urea groups is 2. The van der Waals surface area contributed by atoms with Crippen molar-refractivity contribution in [2.24, 2.45) is 5.73 Å². The van der Waals surface area contributed by atoms with Crippen LogP contribution in [0.4, 0.5) is 35.9 Å².